The molecular weight excluding hydrogens is 318 g/mol. The predicted molar refractivity (Wildman–Crippen MR) is 83.8 cm³/mol. The summed E-state index contributed by atoms with van der Waals surface area (Å²) in [5.74, 6) is -2.23. The van der Waals surface area contributed by atoms with Crippen LogP contribution in [0.4, 0.5) is 8.78 Å². The molecule has 1 aromatic heterocycles. The lowest BCUT2D eigenvalue weighted by molar-refractivity contribution is 0.0525. The number of H-pyrrole nitrogens is 1. The molecule has 0 radical (unpaired) electrons. The van der Waals surface area contributed by atoms with E-state index in [-0.39, 0.29) is 24.4 Å². The Balaban J connectivity index is 2.17. The van der Waals surface area contributed by atoms with Crippen molar-refractivity contribution in [1.29, 1.82) is 0 Å². The average Bonchev–Trinajstić information content (AvgIpc) is 2.83. The van der Waals surface area contributed by atoms with E-state index in [1.54, 1.807) is 20.8 Å². The molecule has 2 N–H and O–H groups in total. The van der Waals surface area contributed by atoms with Crippen LogP contribution in [0.3, 0.4) is 0 Å². The number of nitrogens with one attached hydrogen (secondary N) is 2. The van der Waals surface area contributed by atoms with Crippen molar-refractivity contribution in [2.24, 2.45) is 0 Å². The smallest absolute Gasteiger partial charge is 0.340 e. The van der Waals surface area contributed by atoms with Gasteiger partial charge in [-0.1, -0.05) is 0 Å². The molecule has 0 fully saturated rings. The van der Waals surface area contributed by atoms with E-state index in [0.29, 0.717) is 16.8 Å². The number of aromatic nitrogens is 1. The Labute approximate surface area is 138 Å². The normalized spacial score (nSPS) is 10.5. The third kappa shape index (κ3) is 3.61. The summed E-state index contributed by atoms with van der Waals surface area (Å²) in [4.78, 5) is 27.0. The quantitative estimate of drug-likeness (QED) is 0.825. The molecule has 0 bridgehead atoms. The van der Waals surface area contributed by atoms with Gasteiger partial charge >= 0.3 is 5.97 Å². The van der Waals surface area contributed by atoms with Crippen molar-refractivity contribution in [3.63, 3.8) is 0 Å². The first-order valence-corrected chi connectivity index (χ1v) is 7.43. The van der Waals surface area contributed by atoms with Gasteiger partial charge in [-0.15, -0.1) is 0 Å². The molecule has 2 aromatic rings. The number of carbonyl (C=O) groups excluding carboxylic acids is 2. The molecular formula is C17H18F2N2O3. The van der Waals surface area contributed by atoms with Crippen LogP contribution in [-0.2, 0) is 11.3 Å². The van der Waals surface area contributed by atoms with Crippen LogP contribution in [0.5, 0.6) is 0 Å². The molecule has 24 heavy (non-hydrogen) atoms. The van der Waals surface area contributed by atoms with Crippen LogP contribution in [0.2, 0.25) is 0 Å². The van der Waals surface area contributed by atoms with Gasteiger partial charge in [0.15, 0.2) is 0 Å². The summed E-state index contributed by atoms with van der Waals surface area (Å²) < 4.78 is 31.7. The van der Waals surface area contributed by atoms with Gasteiger partial charge in [-0.2, -0.15) is 0 Å². The van der Waals surface area contributed by atoms with E-state index >= 15 is 0 Å². The fourth-order valence-corrected chi connectivity index (χ4v) is 2.43. The Kier molecular flexibility index (Phi) is 5.33. The maximum absolute atomic E-state index is 13.6. The first-order valence-electron chi connectivity index (χ1n) is 7.43. The molecule has 0 atom stereocenters. The molecule has 1 heterocycles. The Bertz CT molecular complexity index is 784. The zero-order chi connectivity index (χ0) is 17.9. The summed E-state index contributed by atoms with van der Waals surface area (Å²) in [6.45, 7) is 5.02. The highest BCUT2D eigenvalue weighted by Crippen LogP contribution is 2.19. The fourth-order valence-electron chi connectivity index (χ4n) is 2.43. The highest BCUT2D eigenvalue weighted by molar-refractivity contribution is 6.00. The molecule has 0 aliphatic carbocycles. The number of hydrogen-bond acceptors (Lipinski definition) is 3. The van der Waals surface area contributed by atoms with Crippen LogP contribution in [0.1, 0.15) is 44.6 Å². The van der Waals surface area contributed by atoms with Gasteiger partial charge in [0.2, 0.25) is 0 Å². The molecule has 0 saturated carbocycles. The number of carbonyl (C=O) groups is 2. The van der Waals surface area contributed by atoms with Crippen LogP contribution in [0.25, 0.3) is 0 Å². The molecule has 1 aromatic carbocycles. The van der Waals surface area contributed by atoms with E-state index in [1.807, 2.05) is 0 Å². The van der Waals surface area contributed by atoms with Gasteiger partial charge in [0.1, 0.15) is 17.3 Å². The van der Waals surface area contributed by atoms with Crippen LogP contribution in [0.15, 0.2) is 18.2 Å². The Morgan fingerprint density at radius 2 is 1.96 bits per heavy atom. The molecule has 0 spiro atoms. The van der Waals surface area contributed by atoms with Crippen molar-refractivity contribution in [2.75, 3.05) is 6.61 Å². The van der Waals surface area contributed by atoms with Crippen molar-refractivity contribution in [3.8, 4) is 0 Å². The number of hydrogen-bond donors (Lipinski definition) is 2. The number of rotatable bonds is 5. The van der Waals surface area contributed by atoms with Crippen LogP contribution in [-0.4, -0.2) is 23.5 Å². The number of aromatic amines is 1. The maximum atomic E-state index is 13.6. The number of amides is 1. The Morgan fingerprint density at radius 1 is 1.25 bits per heavy atom. The van der Waals surface area contributed by atoms with Crippen LogP contribution in [0, 0.1) is 25.5 Å². The third-order valence-corrected chi connectivity index (χ3v) is 3.59. The minimum Gasteiger partial charge on any atom is -0.462 e. The summed E-state index contributed by atoms with van der Waals surface area (Å²) in [6, 6.07) is 3.02. The number of aryl methyl sites for hydroxylation is 1. The zero-order valence-electron chi connectivity index (χ0n) is 13.6. The second-order valence-electron chi connectivity index (χ2n) is 5.26. The molecule has 1 amide bonds. The lowest BCUT2D eigenvalue weighted by Gasteiger charge is -2.07. The van der Waals surface area contributed by atoms with Gasteiger partial charge in [0, 0.05) is 17.8 Å². The van der Waals surface area contributed by atoms with Crippen molar-refractivity contribution in [3.05, 3.63) is 57.9 Å². The molecule has 5 nitrogen and oxygen atoms in total. The number of halogens is 2. The van der Waals surface area contributed by atoms with Crippen molar-refractivity contribution in [2.45, 2.75) is 27.3 Å². The van der Waals surface area contributed by atoms with Gasteiger partial charge in [-0.3, -0.25) is 4.79 Å². The number of benzene rings is 1. The topological polar surface area (TPSA) is 71.2 Å². The second kappa shape index (κ2) is 7.25. The fraction of sp³-hybridized carbons (Fsp3) is 0.294. The largest absolute Gasteiger partial charge is 0.462 e. The van der Waals surface area contributed by atoms with E-state index in [4.69, 9.17) is 4.74 Å². The summed E-state index contributed by atoms with van der Waals surface area (Å²) in [5.41, 5.74) is 1.48. The van der Waals surface area contributed by atoms with E-state index in [9.17, 15) is 18.4 Å². The highest BCUT2D eigenvalue weighted by atomic mass is 19.1. The number of esters is 1. The Hall–Kier alpha value is -2.70. The SMILES string of the molecule is CCOC(=O)c1c(C)[nH]c(C(=O)NCc2cc(F)ccc2F)c1C. The van der Waals surface area contributed by atoms with Gasteiger partial charge in [0.25, 0.3) is 5.91 Å². The van der Waals surface area contributed by atoms with Gasteiger partial charge < -0.3 is 15.0 Å². The molecule has 0 aliphatic heterocycles. The third-order valence-electron chi connectivity index (χ3n) is 3.59. The monoisotopic (exact) mass is 336 g/mol. The van der Waals surface area contributed by atoms with Crippen molar-refractivity contribution >= 4 is 11.9 Å². The minimum absolute atomic E-state index is 0.0369. The highest BCUT2D eigenvalue weighted by Gasteiger charge is 2.22. The molecule has 128 valence electrons. The number of ether oxygens (including phenoxy) is 1. The van der Waals surface area contributed by atoms with Gasteiger partial charge in [-0.05, 0) is 44.5 Å². The lowest BCUT2D eigenvalue weighted by atomic mass is 10.1. The molecule has 0 saturated heterocycles. The van der Waals surface area contributed by atoms with E-state index in [0.717, 1.165) is 18.2 Å². The zero-order valence-corrected chi connectivity index (χ0v) is 13.6. The van der Waals surface area contributed by atoms with Crippen LogP contribution >= 0.6 is 0 Å². The van der Waals surface area contributed by atoms with Crippen LogP contribution < -0.4 is 5.32 Å². The molecule has 2 rings (SSSR count). The van der Waals surface area contributed by atoms with Crippen molar-refractivity contribution < 1.29 is 23.1 Å². The van der Waals surface area contributed by atoms with E-state index in [2.05, 4.69) is 10.3 Å². The molecule has 0 unspecified atom stereocenters. The summed E-state index contributed by atoms with van der Waals surface area (Å²) in [5, 5.41) is 2.51. The second-order valence-corrected chi connectivity index (χ2v) is 5.26. The molecule has 0 aliphatic rings. The van der Waals surface area contributed by atoms with E-state index in [1.165, 1.54) is 0 Å². The first kappa shape index (κ1) is 17.7. The minimum atomic E-state index is -0.608. The van der Waals surface area contributed by atoms with Gasteiger partial charge in [-0.25, -0.2) is 13.6 Å². The standard InChI is InChI=1S/C17H18F2N2O3/c1-4-24-17(23)14-9(2)15(21-10(14)3)16(22)20-8-11-7-12(18)5-6-13(11)19/h5-7,21H,4,8H2,1-3H3,(H,20,22). The average molecular weight is 336 g/mol. The lowest BCUT2D eigenvalue weighted by Crippen LogP contribution is -2.24. The summed E-state index contributed by atoms with van der Waals surface area (Å²) >= 11 is 0. The predicted octanol–water partition coefficient (Wildman–Crippen LogP) is 3.02. The Morgan fingerprint density at radius 3 is 2.62 bits per heavy atom. The van der Waals surface area contributed by atoms with Crippen molar-refractivity contribution in [1.82, 2.24) is 10.3 Å². The summed E-state index contributed by atoms with van der Waals surface area (Å²) in [7, 11) is 0. The molecule has 7 heteroatoms. The van der Waals surface area contributed by atoms with E-state index < -0.39 is 23.5 Å². The first-order chi connectivity index (χ1) is 11.3. The summed E-state index contributed by atoms with van der Waals surface area (Å²) in [6.07, 6.45) is 0. The van der Waals surface area contributed by atoms with Gasteiger partial charge in [0.05, 0.1) is 12.2 Å². The maximum Gasteiger partial charge on any atom is 0.340 e.